The van der Waals surface area contributed by atoms with Gasteiger partial charge in [0.15, 0.2) is 0 Å². The van der Waals surface area contributed by atoms with E-state index >= 15 is 0 Å². The van der Waals surface area contributed by atoms with Crippen LogP contribution in [-0.2, 0) is 0 Å². The van der Waals surface area contributed by atoms with Crippen LogP contribution in [0.3, 0.4) is 0 Å². The summed E-state index contributed by atoms with van der Waals surface area (Å²) in [4.78, 5) is 17.0. The van der Waals surface area contributed by atoms with Crippen LogP contribution in [0.4, 0.5) is 0 Å². The van der Waals surface area contributed by atoms with E-state index in [1.807, 2.05) is 60.8 Å². The van der Waals surface area contributed by atoms with Crippen molar-refractivity contribution >= 4 is 11.6 Å². The van der Waals surface area contributed by atoms with Crippen molar-refractivity contribution in [2.45, 2.75) is 5.92 Å². The Morgan fingerprint density at radius 1 is 0.885 bits per heavy atom. The lowest BCUT2D eigenvalue weighted by Crippen LogP contribution is -2.29. The second kappa shape index (κ2) is 7.23. The number of pyridine rings is 1. The first kappa shape index (κ1) is 16.1. The summed E-state index contributed by atoms with van der Waals surface area (Å²) in [5.74, 6) is -0.0268. The van der Waals surface area contributed by atoms with Crippen LogP contribution in [-0.4, -0.2) is 21.8 Å². The van der Waals surface area contributed by atoms with Gasteiger partial charge >= 0.3 is 0 Å². The van der Waals surface area contributed by atoms with Crippen LogP contribution in [0, 0.1) is 0 Å². The third kappa shape index (κ3) is 3.22. The molecular weight excluding hydrogens is 322 g/mol. The highest BCUT2D eigenvalue weighted by molar-refractivity contribution is 5.93. The van der Waals surface area contributed by atoms with Crippen LogP contribution in [0.5, 0.6) is 0 Å². The van der Waals surface area contributed by atoms with Crippen LogP contribution in [0.2, 0.25) is 0 Å². The largest absolute Gasteiger partial charge is 0.350 e. The fourth-order valence-electron chi connectivity index (χ4n) is 3.18. The Labute approximate surface area is 152 Å². The molecule has 4 nitrogen and oxygen atoms in total. The molecule has 128 valence electrons. The Morgan fingerprint density at radius 2 is 1.50 bits per heavy atom. The molecule has 4 aromatic rings. The van der Waals surface area contributed by atoms with Gasteiger partial charge in [0.25, 0.3) is 5.91 Å². The summed E-state index contributed by atoms with van der Waals surface area (Å²) in [6, 6.07) is 26.2. The lowest BCUT2D eigenvalue weighted by atomic mass is 9.91. The average molecular weight is 341 g/mol. The van der Waals surface area contributed by atoms with Crippen LogP contribution >= 0.6 is 0 Å². The number of benzene rings is 2. The lowest BCUT2D eigenvalue weighted by molar-refractivity contribution is 0.0946. The number of hydrogen-bond acceptors (Lipinski definition) is 2. The van der Waals surface area contributed by atoms with Crippen molar-refractivity contribution in [3.63, 3.8) is 0 Å². The first-order chi connectivity index (χ1) is 12.8. The zero-order valence-corrected chi connectivity index (χ0v) is 14.2. The van der Waals surface area contributed by atoms with Gasteiger partial charge in [-0.2, -0.15) is 0 Å². The number of amides is 1. The van der Waals surface area contributed by atoms with E-state index in [0.29, 0.717) is 12.2 Å². The predicted octanol–water partition coefficient (Wildman–Crippen LogP) is 3.90. The summed E-state index contributed by atoms with van der Waals surface area (Å²) >= 11 is 0. The zero-order chi connectivity index (χ0) is 17.8. The van der Waals surface area contributed by atoms with Gasteiger partial charge in [-0.3, -0.25) is 9.20 Å². The smallest absolute Gasteiger partial charge is 0.269 e. The molecule has 2 heterocycles. The molecule has 2 aromatic carbocycles. The summed E-state index contributed by atoms with van der Waals surface area (Å²) in [5, 5.41) is 3.07. The number of nitrogens with zero attached hydrogens (tertiary/aromatic N) is 2. The number of aromatic nitrogens is 2. The first-order valence-corrected chi connectivity index (χ1v) is 8.63. The van der Waals surface area contributed by atoms with Crippen LogP contribution < -0.4 is 5.32 Å². The Morgan fingerprint density at radius 3 is 2.15 bits per heavy atom. The minimum atomic E-state index is -0.124. The zero-order valence-electron chi connectivity index (χ0n) is 14.2. The SMILES string of the molecule is O=C(NCC(c1ccccc1)c1ccccc1)c1cnc2ccccn12. The molecule has 0 aliphatic rings. The molecule has 26 heavy (non-hydrogen) atoms. The summed E-state index contributed by atoms with van der Waals surface area (Å²) in [5.41, 5.74) is 3.66. The molecule has 0 radical (unpaired) electrons. The number of hydrogen-bond donors (Lipinski definition) is 1. The number of fused-ring (bicyclic) bond motifs is 1. The third-order valence-electron chi connectivity index (χ3n) is 4.52. The average Bonchev–Trinajstić information content (AvgIpc) is 3.14. The van der Waals surface area contributed by atoms with Gasteiger partial charge in [-0.15, -0.1) is 0 Å². The molecular formula is C22H19N3O. The van der Waals surface area contributed by atoms with E-state index in [4.69, 9.17) is 0 Å². The molecule has 1 amide bonds. The molecule has 0 unspecified atom stereocenters. The summed E-state index contributed by atoms with van der Waals surface area (Å²) in [6.07, 6.45) is 3.47. The maximum absolute atomic E-state index is 12.7. The maximum Gasteiger partial charge on any atom is 0.269 e. The van der Waals surface area contributed by atoms with E-state index in [0.717, 1.165) is 5.65 Å². The second-order valence-electron chi connectivity index (χ2n) is 6.16. The van der Waals surface area contributed by atoms with E-state index in [9.17, 15) is 4.79 Å². The van der Waals surface area contributed by atoms with Crippen LogP contribution in [0.15, 0.2) is 91.3 Å². The number of imidazole rings is 1. The van der Waals surface area contributed by atoms with E-state index in [2.05, 4.69) is 34.6 Å². The monoisotopic (exact) mass is 341 g/mol. The van der Waals surface area contributed by atoms with E-state index < -0.39 is 0 Å². The van der Waals surface area contributed by atoms with Crippen molar-refractivity contribution in [1.82, 2.24) is 14.7 Å². The van der Waals surface area contributed by atoms with Gasteiger partial charge in [0.2, 0.25) is 0 Å². The van der Waals surface area contributed by atoms with Gasteiger partial charge < -0.3 is 5.32 Å². The van der Waals surface area contributed by atoms with Gasteiger partial charge in [-0.1, -0.05) is 66.7 Å². The van der Waals surface area contributed by atoms with Gasteiger partial charge in [0.05, 0.1) is 6.20 Å². The summed E-state index contributed by atoms with van der Waals surface area (Å²) < 4.78 is 1.80. The molecule has 4 rings (SSSR count). The molecule has 0 bridgehead atoms. The molecule has 0 saturated heterocycles. The van der Waals surface area contributed by atoms with Crippen molar-refractivity contribution in [2.75, 3.05) is 6.54 Å². The highest BCUT2D eigenvalue weighted by Gasteiger charge is 2.17. The normalized spacial score (nSPS) is 11.0. The maximum atomic E-state index is 12.7. The molecule has 0 atom stereocenters. The highest BCUT2D eigenvalue weighted by Crippen LogP contribution is 2.23. The fraction of sp³-hybridized carbons (Fsp3) is 0.0909. The molecule has 0 aliphatic heterocycles. The van der Waals surface area contributed by atoms with Gasteiger partial charge in [-0.25, -0.2) is 4.98 Å². The Bertz CT molecular complexity index is 970. The number of nitrogens with one attached hydrogen (secondary N) is 1. The van der Waals surface area contributed by atoms with Gasteiger partial charge in [0, 0.05) is 18.7 Å². The van der Waals surface area contributed by atoms with Gasteiger partial charge in [0.1, 0.15) is 11.3 Å². The Balaban J connectivity index is 1.58. The number of carbonyl (C=O) groups is 1. The molecule has 1 N–H and O–H groups in total. The Kier molecular flexibility index (Phi) is 4.48. The van der Waals surface area contributed by atoms with Crippen molar-refractivity contribution in [1.29, 1.82) is 0 Å². The highest BCUT2D eigenvalue weighted by atomic mass is 16.1. The molecule has 0 aliphatic carbocycles. The number of rotatable bonds is 5. The molecule has 0 spiro atoms. The minimum Gasteiger partial charge on any atom is -0.350 e. The van der Waals surface area contributed by atoms with Crippen LogP contribution in [0.25, 0.3) is 5.65 Å². The van der Waals surface area contributed by atoms with E-state index in [1.165, 1.54) is 11.1 Å². The molecule has 0 saturated carbocycles. The molecule has 4 heteroatoms. The second-order valence-corrected chi connectivity index (χ2v) is 6.16. The third-order valence-corrected chi connectivity index (χ3v) is 4.52. The molecule has 2 aromatic heterocycles. The van der Waals surface area contributed by atoms with E-state index in [1.54, 1.807) is 10.6 Å². The molecule has 0 fully saturated rings. The van der Waals surface area contributed by atoms with Crippen molar-refractivity contribution < 1.29 is 4.79 Å². The van der Waals surface area contributed by atoms with Gasteiger partial charge in [-0.05, 0) is 23.3 Å². The van der Waals surface area contributed by atoms with Crippen molar-refractivity contribution in [3.05, 3.63) is 108 Å². The predicted molar refractivity (Wildman–Crippen MR) is 102 cm³/mol. The van der Waals surface area contributed by atoms with Crippen molar-refractivity contribution in [3.8, 4) is 0 Å². The number of carbonyl (C=O) groups excluding carboxylic acids is 1. The summed E-state index contributed by atoms with van der Waals surface area (Å²) in [7, 11) is 0. The van der Waals surface area contributed by atoms with Crippen molar-refractivity contribution in [2.24, 2.45) is 0 Å². The topological polar surface area (TPSA) is 46.4 Å². The minimum absolute atomic E-state index is 0.0977. The fourth-order valence-corrected chi connectivity index (χ4v) is 3.18. The van der Waals surface area contributed by atoms with Crippen LogP contribution in [0.1, 0.15) is 27.5 Å². The lowest BCUT2D eigenvalue weighted by Gasteiger charge is -2.18. The standard InChI is InChI=1S/C22H19N3O/c26-22(20-16-23-21-13-7-8-14-25(20)21)24-15-19(17-9-3-1-4-10-17)18-11-5-2-6-12-18/h1-14,16,19H,15H2,(H,24,26). The van der Waals surface area contributed by atoms with E-state index in [-0.39, 0.29) is 11.8 Å². The first-order valence-electron chi connectivity index (χ1n) is 8.63. The Hall–Kier alpha value is -3.40. The quantitative estimate of drug-likeness (QED) is 0.598. The summed E-state index contributed by atoms with van der Waals surface area (Å²) in [6.45, 7) is 0.521.